The minimum Gasteiger partial charge on any atom is -0.458 e. The number of Topliss-reactive ketones (excluding diaryl/α,β-unsaturated/α-hetero) is 1. The van der Waals surface area contributed by atoms with Gasteiger partial charge in [0.1, 0.15) is 11.9 Å². The Morgan fingerprint density at radius 3 is 2.40 bits per heavy atom. The van der Waals surface area contributed by atoms with E-state index >= 15 is 0 Å². The predicted octanol–water partition coefficient (Wildman–Crippen LogP) is 7.45. The number of unbranched alkanes of at least 4 members (excludes halogenated alkanes) is 1. The average molecular weight is 981 g/mol. The van der Waals surface area contributed by atoms with Gasteiger partial charge < -0.3 is 49.5 Å². The van der Waals surface area contributed by atoms with Crippen LogP contribution in [0.5, 0.6) is 0 Å². The van der Waals surface area contributed by atoms with Crippen LogP contribution in [-0.4, -0.2) is 123 Å². The normalized spacial score (nSPS) is 32.3. The third-order valence-electron chi connectivity index (χ3n) is 14.7. The molecule has 0 spiro atoms. The summed E-state index contributed by atoms with van der Waals surface area (Å²) < 4.78 is 24.6. The number of ether oxygens (including phenoxy) is 4. The molecule has 0 saturated heterocycles. The maximum Gasteiger partial charge on any atom is 0.407 e. The molecular formula is C55H88N4O11. The number of rotatable bonds is 20. The van der Waals surface area contributed by atoms with Gasteiger partial charge in [0.15, 0.2) is 0 Å². The molecule has 0 aromatic carbocycles. The Bertz CT molecular complexity index is 1850. The van der Waals surface area contributed by atoms with Gasteiger partial charge in [-0.2, -0.15) is 0 Å². The Balaban J connectivity index is 1.30. The summed E-state index contributed by atoms with van der Waals surface area (Å²) in [6, 6.07) is 0. The van der Waals surface area contributed by atoms with E-state index in [4.69, 9.17) is 18.9 Å². The monoisotopic (exact) mass is 981 g/mol. The van der Waals surface area contributed by atoms with Crippen molar-refractivity contribution in [3.63, 3.8) is 0 Å². The number of fused-ring (bicyclic) bond motifs is 2. The number of nitrogens with zero attached hydrogens (tertiary/aromatic N) is 3. The van der Waals surface area contributed by atoms with Crippen LogP contribution in [-0.2, 0) is 47.9 Å². The standard InChI is InChI=1S/C55H88N4O11/c1-8-9-15-39(4)54-42(7)50(62)27-20-37(2)34-40(5)53(65)38(3)21-22-44(61)35-51(63)43(17-10-11-19-52(64)70-54)18-12-13-29-59-49-26-24-46-45(23-25-48(49)57-58-59)47(46)36-69-55(66)56-28-31-68-33-32-67-30-14-16-41(6)60/h8-11,15,17,19,21-22,37-40,42-47,50-51,53-54,61-63,65H,1,12-14,16,18,20,23-36H2,2-7H3,(H,56,66)/b15-9-,17-10+,19-11-,22-21-/t37-,38-,39-,40-,42-,43-,44+,45+,46-,47+,50+,51-,53-,54-/m0/s1. The van der Waals surface area contributed by atoms with Gasteiger partial charge in [0.25, 0.3) is 0 Å². The molecule has 70 heavy (non-hydrogen) atoms. The lowest BCUT2D eigenvalue weighted by atomic mass is 9.82. The van der Waals surface area contributed by atoms with E-state index in [0.717, 1.165) is 62.8 Å². The van der Waals surface area contributed by atoms with Gasteiger partial charge in [-0.05, 0) is 101 Å². The Morgan fingerprint density at radius 2 is 1.66 bits per heavy atom. The molecule has 1 aliphatic heterocycles. The highest BCUT2D eigenvalue weighted by atomic mass is 16.6. The lowest BCUT2D eigenvalue weighted by Crippen LogP contribution is -2.37. The number of cyclic esters (lactones) is 1. The van der Waals surface area contributed by atoms with E-state index in [1.165, 1.54) is 6.08 Å². The summed E-state index contributed by atoms with van der Waals surface area (Å²) in [6.07, 6.45) is 20.6. The van der Waals surface area contributed by atoms with Gasteiger partial charge in [0.05, 0.1) is 62.2 Å². The first-order valence-electron chi connectivity index (χ1n) is 26.3. The zero-order chi connectivity index (χ0) is 51.0. The zero-order valence-corrected chi connectivity index (χ0v) is 43.1. The Morgan fingerprint density at radius 1 is 0.914 bits per heavy atom. The molecule has 394 valence electrons. The van der Waals surface area contributed by atoms with Crippen LogP contribution >= 0.6 is 0 Å². The van der Waals surface area contributed by atoms with Crippen molar-refractivity contribution in [3.8, 4) is 0 Å². The van der Waals surface area contributed by atoms with Crippen LogP contribution < -0.4 is 5.32 Å². The topological polar surface area (TPSA) is 212 Å². The summed E-state index contributed by atoms with van der Waals surface area (Å²) in [5.41, 5.74) is 2.19. The minimum absolute atomic E-state index is 0.0164. The second-order valence-electron chi connectivity index (χ2n) is 20.5. The molecule has 1 aromatic rings. The average Bonchev–Trinajstić information content (AvgIpc) is 3.84. The van der Waals surface area contributed by atoms with Crippen molar-refractivity contribution in [1.82, 2.24) is 20.3 Å². The van der Waals surface area contributed by atoms with Gasteiger partial charge in [-0.25, -0.2) is 14.3 Å². The first-order chi connectivity index (χ1) is 33.6. The molecule has 2 aliphatic carbocycles. The molecule has 0 radical (unpaired) electrons. The Hall–Kier alpha value is -3.99. The molecule has 1 saturated carbocycles. The van der Waals surface area contributed by atoms with Crippen molar-refractivity contribution >= 4 is 17.8 Å². The zero-order valence-electron chi connectivity index (χ0n) is 43.1. The van der Waals surface area contributed by atoms with Crippen LogP contribution in [0, 0.1) is 53.3 Å². The number of carbonyl (C=O) groups is 3. The van der Waals surface area contributed by atoms with Crippen LogP contribution in [0.3, 0.4) is 0 Å². The maximum absolute atomic E-state index is 13.2. The highest BCUT2D eigenvalue weighted by Gasteiger charge is 2.50. The molecule has 15 heteroatoms. The predicted molar refractivity (Wildman–Crippen MR) is 270 cm³/mol. The van der Waals surface area contributed by atoms with E-state index in [1.54, 1.807) is 31.2 Å². The van der Waals surface area contributed by atoms with E-state index in [0.29, 0.717) is 89.6 Å². The number of amides is 1. The number of esters is 1. The highest BCUT2D eigenvalue weighted by molar-refractivity contribution is 5.82. The van der Waals surface area contributed by atoms with Gasteiger partial charge in [-0.1, -0.05) is 101 Å². The van der Waals surface area contributed by atoms with Crippen LogP contribution in [0.1, 0.15) is 124 Å². The van der Waals surface area contributed by atoms with Crippen molar-refractivity contribution in [2.24, 2.45) is 53.3 Å². The molecule has 1 aromatic heterocycles. The molecule has 15 nitrogen and oxygen atoms in total. The number of aliphatic hydroxyl groups excluding tert-OH is 4. The summed E-state index contributed by atoms with van der Waals surface area (Å²) in [6.45, 7) is 18.5. The summed E-state index contributed by atoms with van der Waals surface area (Å²) in [5, 5.41) is 57.0. The fraction of sp³-hybridized carbons (Fsp3) is 0.727. The first-order valence-corrected chi connectivity index (χ1v) is 26.3. The smallest absolute Gasteiger partial charge is 0.407 e. The third kappa shape index (κ3) is 20.6. The number of hydrogen-bond acceptors (Lipinski definition) is 13. The van der Waals surface area contributed by atoms with Crippen LogP contribution in [0.2, 0.25) is 0 Å². The minimum atomic E-state index is -0.919. The second-order valence-corrected chi connectivity index (χ2v) is 20.5. The molecule has 2 heterocycles. The largest absolute Gasteiger partial charge is 0.458 e. The fourth-order valence-corrected chi connectivity index (χ4v) is 10.3. The molecule has 1 amide bonds. The van der Waals surface area contributed by atoms with Crippen LogP contribution in [0.15, 0.2) is 61.3 Å². The Labute approximate surface area is 418 Å². The van der Waals surface area contributed by atoms with E-state index in [-0.39, 0.29) is 47.7 Å². The summed E-state index contributed by atoms with van der Waals surface area (Å²) in [5.74, 6) is 0.118. The van der Waals surface area contributed by atoms with Crippen LogP contribution in [0.25, 0.3) is 0 Å². The summed E-state index contributed by atoms with van der Waals surface area (Å²) >= 11 is 0. The van der Waals surface area contributed by atoms with E-state index in [1.807, 2.05) is 56.7 Å². The number of nitrogens with one attached hydrogen (secondary N) is 1. The molecule has 0 bridgehead atoms. The molecular weight excluding hydrogens is 893 g/mol. The Kier molecular flexibility index (Phi) is 26.3. The molecule has 3 aliphatic rings. The highest BCUT2D eigenvalue weighted by Crippen LogP contribution is 2.53. The molecule has 5 N–H and O–H groups in total. The van der Waals surface area contributed by atoms with E-state index in [2.05, 4.69) is 29.1 Å². The first kappa shape index (κ1) is 58.6. The van der Waals surface area contributed by atoms with E-state index in [9.17, 15) is 34.8 Å². The van der Waals surface area contributed by atoms with Crippen molar-refractivity contribution in [3.05, 3.63) is 72.7 Å². The number of aromatic nitrogens is 3. The lowest BCUT2D eigenvalue weighted by molar-refractivity contribution is -0.150. The van der Waals surface area contributed by atoms with Gasteiger partial charge >= 0.3 is 12.1 Å². The maximum atomic E-state index is 13.2. The number of carbonyl (C=O) groups excluding carboxylic acids is 3. The van der Waals surface area contributed by atoms with Crippen LogP contribution in [0.4, 0.5) is 4.79 Å². The number of aryl methyl sites for hydroxylation is 2. The number of allylic oxidation sites excluding steroid dienone is 4. The lowest BCUT2D eigenvalue weighted by Gasteiger charge is -2.31. The van der Waals surface area contributed by atoms with Crippen molar-refractivity contribution in [2.45, 2.75) is 162 Å². The molecule has 4 rings (SSSR count). The third-order valence-corrected chi connectivity index (χ3v) is 14.7. The van der Waals surface area contributed by atoms with Gasteiger partial charge in [-0.3, -0.25) is 0 Å². The molecule has 0 unspecified atom stereocenters. The fourth-order valence-electron chi connectivity index (χ4n) is 10.3. The van der Waals surface area contributed by atoms with Crippen molar-refractivity contribution < 1.29 is 53.8 Å². The quantitative estimate of drug-likeness (QED) is 0.0372. The summed E-state index contributed by atoms with van der Waals surface area (Å²) in [4.78, 5) is 36.6. The number of alkyl carbamates (subject to hydrolysis) is 1. The summed E-state index contributed by atoms with van der Waals surface area (Å²) in [7, 11) is 0. The molecule has 1 fully saturated rings. The van der Waals surface area contributed by atoms with Crippen molar-refractivity contribution in [1.29, 1.82) is 0 Å². The second kappa shape index (κ2) is 31.5. The van der Waals surface area contributed by atoms with E-state index < -0.39 is 42.6 Å². The number of aliphatic hydroxyl groups is 4. The number of ketones is 1. The van der Waals surface area contributed by atoms with Gasteiger partial charge in [0, 0.05) is 62.3 Å². The van der Waals surface area contributed by atoms with Gasteiger partial charge in [-0.15, -0.1) is 5.10 Å². The van der Waals surface area contributed by atoms with Crippen molar-refractivity contribution in [2.75, 3.05) is 39.6 Å². The van der Waals surface area contributed by atoms with Gasteiger partial charge in [0.2, 0.25) is 0 Å². The molecule has 14 atom stereocenters. The number of hydrogen-bond donors (Lipinski definition) is 5. The SMILES string of the molecule is C=C/C=C\[C@H](C)[C@@H]1OC(=O)/C=C\C=C\[C@@H](CCCCn2nnc3c2CC[C@H]2[C@@H](CC3)[C@H]2COC(=O)NCCOCCOCCCC(C)=O)[C@@H](O)C[C@H](O)/C=C\[C@H](C)[C@H](O)[C@@H](C)C[C@@H](C)CC[C@@H](O)[C@@H]1C.